The number of rotatable bonds is 3. The zero-order chi connectivity index (χ0) is 8.55. The second kappa shape index (κ2) is 3.07. The first-order valence-corrected chi connectivity index (χ1v) is 4.99. The van der Waals surface area contributed by atoms with Crippen molar-refractivity contribution in [3.8, 4) is 5.75 Å². The highest BCUT2D eigenvalue weighted by atomic mass is 32.1. The van der Waals surface area contributed by atoms with Gasteiger partial charge in [-0.05, 0) is 24.8 Å². The third-order valence-electron chi connectivity index (χ3n) is 2.19. The van der Waals surface area contributed by atoms with Crippen LogP contribution in [0.25, 0.3) is 0 Å². The van der Waals surface area contributed by atoms with Gasteiger partial charge in [0.2, 0.25) is 0 Å². The molecule has 1 N–H and O–H groups in total. The van der Waals surface area contributed by atoms with Crippen LogP contribution in [0.5, 0.6) is 5.75 Å². The molecule has 1 aromatic heterocycles. The summed E-state index contributed by atoms with van der Waals surface area (Å²) in [6.45, 7) is 0. The Morgan fingerprint density at radius 1 is 1.67 bits per heavy atom. The van der Waals surface area contributed by atoms with Gasteiger partial charge in [-0.2, -0.15) is 0 Å². The fourth-order valence-corrected chi connectivity index (χ4v) is 2.17. The SMILES string of the molecule is COc1csc(C(O)C2CC2)c1. The van der Waals surface area contributed by atoms with Crippen molar-refractivity contribution in [2.75, 3.05) is 7.11 Å². The van der Waals surface area contributed by atoms with E-state index in [9.17, 15) is 5.11 Å². The van der Waals surface area contributed by atoms with E-state index in [0.717, 1.165) is 10.6 Å². The lowest BCUT2D eigenvalue weighted by molar-refractivity contribution is 0.157. The molecule has 1 unspecified atom stereocenters. The third kappa shape index (κ3) is 1.47. The molecule has 2 nitrogen and oxygen atoms in total. The van der Waals surface area contributed by atoms with Crippen LogP contribution in [0.4, 0.5) is 0 Å². The van der Waals surface area contributed by atoms with Gasteiger partial charge in [0.05, 0.1) is 13.2 Å². The molecule has 0 aromatic carbocycles. The average molecular weight is 184 g/mol. The van der Waals surface area contributed by atoms with Crippen molar-refractivity contribution < 1.29 is 9.84 Å². The predicted octanol–water partition coefficient (Wildman–Crippen LogP) is 2.20. The molecule has 1 aliphatic rings. The fraction of sp³-hybridized carbons (Fsp3) is 0.556. The quantitative estimate of drug-likeness (QED) is 0.780. The lowest BCUT2D eigenvalue weighted by atomic mass is 10.2. The van der Waals surface area contributed by atoms with Crippen LogP contribution < -0.4 is 4.74 Å². The molecular formula is C9H12O2S. The second-order valence-electron chi connectivity index (χ2n) is 3.17. The van der Waals surface area contributed by atoms with E-state index >= 15 is 0 Å². The molecule has 0 amide bonds. The highest BCUT2D eigenvalue weighted by molar-refractivity contribution is 7.10. The minimum Gasteiger partial charge on any atom is -0.496 e. The molecule has 2 rings (SSSR count). The van der Waals surface area contributed by atoms with Gasteiger partial charge in [-0.25, -0.2) is 0 Å². The first kappa shape index (κ1) is 8.08. The molecule has 0 saturated heterocycles. The summed E-state index contributed by atoms with van der Waals surface area (Å²) in [5.74, 6) is 1.36. The topological polar surface area (TPSA) is 29.5 Å². The third-order valence-corrected chi connectivity index (χ3v) is 3.17. The number of aliphatic hydroxyl groups is 1. The van der Waals surface area contributed by atoms with E-state index in [4.69, 9.17) is 4.74 Å². The van der Waals surface area contributed by atoms with Crippen LogP contribution in [0.3, 0.4) is 0 Å². The van der Waals surface area contributed by atoms with Gasteiger partial charge >= 0.3 is 0 Å². The minimum atomic E-state index is -0.251. The van der Waals surface area contributed by atoms with Gasteiger partial charge in [0.1, 0.15) is 5.75 Å². The van der Waals surface area contributed by atoms with Crippen LogP contribution in [0.1, 0.15) is 23.8 Å². The molecule has 1 atom stereocenters. The van der Waals surface area contributed by atoms with Crippen molar-refractivity contribution in [2.45, 2.75) is 18.9 Å². The summed E-state index contributed by atoms with van der Waals surface area (Å²) in [5.41, 5.74) is 0. The monoisotopic (exact) mass is 184 g/mol. The zero-order valence-corrected chi connectivity index (χ0v) is 7.80. The lowest BCUT2D eigenvalue weighted by Gasteiger charge is -2.04. The maximum atomic E-state index is 9.72. The van der Waals surface area contributed by atoms with Crippen molar-refractivity contribution in [1.82, 2.24) is 0 Å². The van der Waals surface area contributed by atoms with Gasteiger partial charge in [-0.3, -0.25) is 0 Å². The van der Waals surface area contributed by atoms with E-state index < -0.39 is 0 Å². The van der Waals surface area contributed by atoms with Crippen LogP contribution in [-0.2, 0) is 0 Å². The van der Waals surface area contributed by atoms with Gasteiger partial charge in [0.25, 0.3) is 0 Å². The van der Waals surface area contributed by atoms with Crippen molar-refractivity contribution >= 4 is 11.3 Å². The Morgan fingerprint density at radius 3 is 2.92 bits per heavy atom. The normalized spacial score (nSPS) is 19.2. The summed E-state index contributed by atoms with van der Waals surface area (Å²) in [6, 6.07) is 1.92. The smallest absolute Gasteiger partial charge is 0.129 e. The minimum absolute atomic E-state index is 0.251. The Kier molecular flexibility index (Phi) is 2.07. The standard InChI is InChI=1S/C9H12O2S/c1-11-7-4-8(12-5-7)9(10)6-2-3-6/h4-6,9-10H,2-3H2,1H3. The molecule has 0 bridgehead atoms. The Morgan fingerprint density at radius 2 is 2.42 bits per heavy atom. The van der Waals surface area contributed by atoms with E-state index in [1.807, 2.05) is 11.4 Å². The van der Waals surface area contributed by atoms with Crippen LogP contribution in [0, 0.1) is 5.92 Å². The highest BCUT2D eigenvalue weighted by Crippen LogP contribution is 2.43. The Balaban J connectivity index is 2.10. The van der Waals surface area contributed by atoms with E-state index in [-0.39, 0.29) is 6.10 Å². The Hall–Kier alpha value is -0.540. The maximum Gasteiger partial charge on any atom is 0.129 e. The lowest BCUT2D eigenvalue weighted by Crippen LogP contribution is -1.95. The number of ether oxygens (including phenoxy) is 1. The Bertz CT molecular complexity index is 265. The number of aliphatic hydroxyl groups excluding tert-OH is 1. The molecule has 0 aliphatic heterocycles. The molecule has 1 fully saturated rings. The summed E-state index contributed by atoms with van der Waals surface area (Å²) in [4.78, 5) is 1.04. The van der Waals surface area contributed by atoms with E-state index in [0.29, 0.717) is 5.92 Å². The van der Waals surface area contributed by atoms with Gasteiger partial charge in [0.15, 0.2) is 0 Å². The summed E-state index contributed by atoms with van der Waals surface area (Å²) in [7, 11) is 1.65. The summed E-state index contributed by atoms with van der Waals surface area (Å²) >= 11 is 1.58. The summed E-state index contributed by atoms with van der Waals surface area (Å²) in [5, 5.41) is 11.7. The van der Waals surface area contributed by atoms with Crippen LogP contribution in [0.2, 0.25) is 0 Å². The van der Waals surface area contributed by atoms with E-state index in [1.54, 1.807) is 18.4 Å². The molecule has 1 heterocycles. The number of hydrogen-bond donors (Lipinski definition) is 1. The number of hydrogen-bond acceptors (Lipinski definition) is 3. The van der Waals surface area contributed by atoms with Gasteiger partial charge in [-0.15, -0.1) is 11.3 Å². The van der Waals surface area contributed by atoms with E-state index in [2.05, 4.69) is 0 Å². The molecule has 12 heavy (non-hydrogen) atoms. The van der Waals surface area contributed by atoms with Crippen LogP contribution in [-0.4, -0.2) is 12.2 Å². The van der Waals surface area contributed by atoms with Gasteiger partial charge in [0, 0.05) is 10.3 Å². The largest absolute Gasteiger partial charge is 0.496 e. The summed E-state index contributed by atoms with van der Waals surface area (Å²) < 4.78 is 5.04. The molecular weight excluding hydrogens is 172 g/mol. The fourth-order valence-electron chi connectivity index (χ4n) is 1.24. The number of methoxy groups -OCH3 is 1. The molecule has 0 radical (unpaired) electrons. The molecule has 0 spiro atoms. The number of thiophene rings is 1. The van der Waals surface area contributed by atoms with E-state index in [1.165, 1.54) is 12.8 Å². The second-order valence-corrected chi connectivity index (χ2v) is 4.11. The van der Waals surface area contributed by atoms with Gasteiger partial charge < -0.3 is 9.84 Å². The zero-order valence-electron chi connectivity index (χ0n) is 6.99. The molecule has 1 aliphatic carbocycles. The van der Waals surface area contributed by atoms with Crippen molar-refractivity contribution in [1.29, 1.82) is 0 Å². The van der Waals surface area contributed by atoms with Gasteiger partial charge in [-0.1, -0.05) is 0 Å². The average Bonchev–Trinajstić information content (AvgIpc) is 2.82. The highest BCUT2D eigenvalue weighted by Gasteiger charge is 2.31. The van der Waals surface area contributed by atoms with Crippen molar-refractivity contribution in [2.24, 2.45) is 5.92 Å². The predicted molar refractivity (Wildman–Crippen MR) is 48.6 cm³/mol. The Labute approximate surface area is 75.8 Å². The molecule has 3 heteroatoms. The van der Waals surface area contributed by atoms with Crippen LogP contribution >= 0.6 is 11.3 Å². The van der Waals surface area contributed by atoms with Crippen molar-refractivity contribution in [3.05, 3.63) is 16.3 Å². The summed E-state index contributed by atoms with van der Waals surface area (Å²) in [6.07, 6.45) is 2.09. The first-order valence-electron chi connectivity index (χ1n) is 4.11. The molecule has 1 saturated carbocycles. The molecule has 66 valence electrons. The molecule has 1 aromatic rings. The first-order chi connectivity index (χ1) is 5.81. The van der Waals surface area contributed by atoms with Crippen LogP contribution in [0.15, 0.2) is 11.4 Å². The maximum absolute atomic E-state index is 9.72. The van der Waals surface area contributed by atoms with Crippen molar-refractivity contribution in [3.63, 3.8) is 0 Å².